The summed E-state index contributed by atoms with van der Waals surface area (Å²) in [5.41, 5.74) is 0.908. The van der Waals surface area contributed by atoms with Gasteiger partial charge in [0.2, 0.25) is 17.7 Å². The molecule has 2 N–H and O–H groups in total. The monoisotopic (exact) mass is 605 g/mol. The predicted octanol–water partition coefficient (Wildman–Crippen LogP) is 5.72. The largest absolute Gasteiger partial charge is 0.453 e. The third-order valence-corrected chi connectivity index (χ3v) is 7.79. The first-order valence-corrected chi connectivity index (χ1v) is 13.7. The molecule has 6 rings (SSSR count). The lowest BCUT2D eigenvalue weighted by atomic mass is 9.89. The zero-order valence-corrected chi connectivity index (χ0v) is 23.6. The topological polar surface area (TPSA) is 136 Å². The minimum Gasteiger partial charge on any atom is -0.453 e. The number of methoxy groups -OCH3 is 1. The van der Waals surface area contributed by atoms with Crippen molar-refractivity contribution in [3.05, 3.63) is 94.6 Å². The number of halogens is 2. The van der Waals surface area contributed by atoms with Gasteiger partial charge in [0.25, 0.3) is 0 Å². The van der Waals surface area contributed by atoms with Crippen LogP contribution in [-0.2, 0) is 26.3 Å². The molecule has 1 spiro atoms. The molecule has 1 saturated heterocycles. The van der Waals surface area contributed by atoms with Gasteiger partial charge in [-0.1, -0.05) is 41.9 Å². The fourth-order valence-corrected chi connectivity index (χ4v) is 5.59. The number of nitrogens with one attached hydrogen (secondary N) is 2. The van der Waals surface area contributed by atoms with Crippen molar-refractivity contribution in [2.75, 3.05) is 30.8 Å². The van der Waals surface area contributed by atoms with Crippen molar-refractivity contribution in [1.82, 2.24) is 15.1 Å². The van der Waals surface area contributed by atoms with Crippen LogP contribution >= 0.6 is 11.6 Å². The maximum Gasteiger partial charge on any atom is 0.412 e. The van der Waals surface area contributed by atoms with Gasteiger partial charge in [0, 0.05) is 24.2 Å². The second-order valence-corrected chi connectivity index (χ2v) is 10.6. The van der Waals surface area contributed by atoms with Crippen molar-refractivity contribution >= 4 is 41.1 Å². The summed E-state index contributed by atoms with van der Waals surface area (Å²) in [6, 6.07) is 18.9. The molecule has 13 heteroatoms. The third kappa shape index (κ3) is 5.48. The molecule has 1 aromatic heterocycles. The zero-order chi connectivity index (χ0) is 30.1. The number of nitrogens with zero attached hydrogens (tertiary/aromatic N) is 3. The molecule has 220 valence electrons. The number of hydrogen-bond acceptors (Lipinski definition) is 8. The number of hydrogen-bond donors (Lipinski definition) is 2. The average molecular weight is 606 g/mol. The van der Waals surface area contributed by atoms with Gasteiger partial charge < -0.3 is 18.8 Å². The van der Waals surface area contributed by atoms with Crippen molar-refractivity contribution in [2.24, 2.45) is 0 Å². The number of benzene rings is 3. The lowest BCUT2D eigenvalue weighted by Gasteiger charge is -2.36. The summed E-state index contributed by atoms with van der Waals surface area (Å²) in [6.07, 6.45) is -0.911. The molecule has 0 saturated carbocycles. The van der Waals surface area contributed by atoms with Crippen LogP contribution in [0, 0.1) is 5.82 Å². The van der Waals surface area contributed by atoms with Crippen LogP contribution < -0.4 is 10.6 Å². The summed E-state index contributed by atoms with van der Waals surface area (Å²) in [5, 5.41) is 13.3. The number of carbonyl (C=O) groups is 3. The molecule has 4 aromatic rings. The number of anilines is 2. The average Bonchev–Trinajstić information content (AvgIpc) is 3.66. The third-order valence-electron chi connectivity index (χ3n) is 7.50. The number of amides is 3. The molecule has 1 fully saturated rings. The summed E-state index contributed by atoms with van der Waals surface area (Å²) in [5.74, 6) is -1.64. The molecule has 11 nitrogen and oxygen atoms in total. The Morgan fingerprint density at radius 3 is 2.65 bits per heavy atom. The molecule has 3 amide bonds. The molecule has 2 aliphatic heterocycles. The summed E-state index contributed by atoms with van der Waals surface area (Å²) < 4.78 is 31.6. The van der Waals surface area contributed by atoms with Gasteiger partial charge in [-0.25, -0.2) is 14.0 Å². The highest BCUT2D eigenvalue weighted by atomic mass is 35.5. The van der Waals surface area contributed by atoms with E-state index in [2.05, 4.69) is 25.6 Å². The first-order valence-electron chi connectivity index (χ1n) is 13.4. The van der Waals surface area contributed by atoms with Crippen molar-refractivity contribution < 1.29 is 32.7 Å². The second kappa shape index (κ2) is 11.4. The lowest BCUT2D eigenvalue weighted by Crippen LogP contribution is -2.44. The van der Waals surface area contributed by atoms with Crippen molar-refractivity contribution in [1.29, 1.82) is 0 Å². The summed E-state index contributed by atoms with van der Waals surface area (Å²) in [6.45, 7) is 0.114. The SMILES string of the molecule is COC(=O)Nc1ccc(-c2nnc([C@H](Cc3ccccc3)C(=O)N3CC[C@@]4(C3)OC(=O)Nc3ccc(Cl)c(F)c34)o2)cc1. The molecule has 43 heavy (non-hydrogen) atoms. The van der Waals surface area contributed by atoms with E-state index >= 15 is 4.39 Å². The lowest BCUT2D eigenvalue weighted by molar-refractivity contribution is -0.133. The number of fused-ring (bicyclic) bond motifs is 2. The highest BCUT2D eigenvalue weighted by Gasteiger charge is 2.51. The number of ether oxygens (including phenoxy) is 2. The molecule has 0 bridgehead atoms. The summed E-state index contributed by atoms with van der Waals surface area (Å²) >= 11 is 6.08. The molecule has 2 atom stereocenters. The van der Waals surface area contributed by atoms with Gasteiger partial charge >= 0.3 is 12.2 Å². The zero-order valence-electron chi connectivity index (χ0n) is 22.8. The Kier molecular flexibility index (Phi) is 7.45. The van der Waals surface area contributed by atoms with Crippen LogP contribution in [-0.4, -0.2) is 53.4 Å². The minimum absolute atomic E-state index is 0.0789. The van der Waals surface area contributed by atoms with Crippen molar-refractivity contribution in [2.45, 2.75) is 24.4 Å². The number of likely N-dealkylation sites (tertiary alicyclic amines) is 1. The van der Waals surface area contributed by atoms with E-state index in [0.717, 1.165) is 5.56 Å². The van der Waals surface area contributed by atoms with Crippen LogP contribution in [0.1, 0.15) is 29.4 Å². The van der Waals surface area contributed by atoms with E-state index in [1.807, 2.05) is 30.3 Å². The van der Waals surface area contributed by atoms with Gasteiger partial charge in [-0.15, -0.1) is 10.2 Å². The van der Waals surface area contributed by atoms with Crippen LogP contribution in [0.4, 0.5) is 25.4 Å². The summed E-state index contributed by atoms with van der Waals surface area (Å²) in [4.78, 5) is 39.5. The standard InChI is InChI=1S/C30H25ClFN5O6/c1-41-28(39)33-19-9-7-18(8-10-19)25-35-36-26(42-25)20(15-17-5-3-2-4-6-17)27(38)37-14-13-30(16-37)23-22(34-29(40)43-30)12-11-21(31)24(23)32/h2-12,20H,13-16H2,1H3,(H,33,39)(H,34,40)/t20-,30-/m0/s1. The smallest absolute Gasteiger partial charge is 0.412 e. The Morgan fingerprint density at radius 1 is 1.14 bits per heavy atom. The Bertz CT molecular complexity index is 1700. The molecule has 2 aliphatic rings. The van der Waals surface area contributed by atoms with Crippen LogP contribution in [0.15, 0.2) is 71.1 Å². The highest BCUT2D eigenvalue weighted by Crippen LogP contribution is 2.46. The Hall–Kier alpha value is -4.97. The Balaban J connectivity index is 1.29. The normalized spacial score (nSPS) is 18.0. The van der Waals surface area contributed by atoms with E-state index in [9.17, 15) is 14.4 Å². The van der Waals surface area contributed by atoms with E-state index in [-0.39, 0.29) is 59.9 Å². The van der Waals surface area contributed by atoms with Crippen LogP contribution in [0.25, 0.3) is 11.5 Å². The maximum absolute atomic E-state index is 15.3. The van der Waals surface area contributed by atoms with Crippen LogP contribution in [0.5, 0.6) is 0 Å². The van der Waals surface area contributed by atoms with Gasteiger partial charge in [0.1, 0.15) is 5.92 Å². The van der Waals surface area contributed by atoms with E-state index < -0.39 is 29.5 Å². The molecule has 3 heterocycles. The molecular weight excluding hydrogens is 581 g/mol. The van der Waals surface area contributed by atoms with Crippen molar-refractivity contribution in [3.8, 4) is 11.5 Å². The number of aromatic nitrogens is 2. The predicted molar refractivity (Wildman–Crippen MR) is 153 cm³/mol. The molecule has 0 aliphatic carbocycles. The molecule has 0 unspecified atom stereocenters. The molecule has 3 aromatic carbocycles. The van der Waals surface area contributed by atoms with Crippen LogP contribution in [0.3, 0.4) is 0 Å². The number of rotatable bonds is 6. The fourth-order valence-electron chi connectivity index (χ4n) is 5.43. The number of carbonyl (C=O) groups excluding carboxylic acids is 3. The Morgan fingerprint density at radius 2 is 1.91 bits per heavy atom. The van der Waals surface area contributed by atoms with E-state index in [1.165, 1.54) is 24.1 Å². The maximum atomic E-state index is 15.3. The quantitative estimate of drug-likeness (QED) is 0.285. The van der Waals surface area contributed by atoms with Gasteiger partial charge in [-0.3, -0.25) is 15.4 Å². The van der Waals surface area contributed by atoms with E-state index in [4.69, 9.17) is 20.8 Å². The van der Waals surface area contributed by atoms with Gasteiger partial charge in [-0.2, -0.15) is 0 Å². The highest BCUT2D eigenvalue weighted by molar-refractivity contribution is 6.31. The van der Waals surface area contributed by atoms with E-state index in [1.54, 1.807) is 24.3 Å². The molecule has 0 radical (unpaired) electrons. The van der Waals surface area contributed by atoms with Gasteiger partial charge in [0.15, 0.2) is 11.4 Å². The van der Waals surface area contributed by atoms with Crippen molar-refractivity contribution in [3.63, 3.8) is 0 Å². The van der Waals surface area contributed by atoms with Gasteiger partial charge in [-0.05, 0) is 48.4 Å². The summed E-state index contributed by atoms with van der Waals surface area (Å²) in [7, 11) is 1.27. The minimum atomic E-state index is -1.40. The van der Waals surface area contributed by atoms with E-state index in [0.29, 0.717) is 11.3 Å². The Labute approximate surface area is 249 Å². The first-order chi connectivity index (χ1) is 20.8. The van der Waals surface area contributed by atoms with Crippen LogP contribution in [0.2, 0.25) is 5.02 Å². The first kappa shape index (κ1) is 28.2. The fraction of sp³-hybridized carbons (Fsp3) is 0.233. The molecular formula is C30H25ClFN5O6. The van der Waals surface area contributed by atoms with Gasteiger partial charge in [0.05, 0.1) is 29.9 Å². The second-order valence-electron chi connectivity index (χ2n) is 10.2.